The maximum atomic E-state index is 5.28. The van der Waals surface area contributed by atoms with Gasteiger partial charge in [0, 0.05) is 13.2 Å². The predicted octanol–water partition coefficient (Wildman–Crippen LogP) is 0.943. The van der Waals surface area contributed by atoms with E-state index < -0.39 is 0 Å². The van der Waals surface area contributed by atoms with Crippen LogP contribution in [0.1, 0.15) is 13.3 Å². The molecule has 0 fully saturated rings. The highest BCUT2D eigenvalue weighted by Crippen LogP contribution is 2.03. The fourth-order valence-electron chi connectivity index (χ4n) is 1.03. The van der Waals surface area contributed by atoms with Crippen molar-refractivity contribution in [2.45, 2.75) is 13.3 Å². The smallest absolute Gasteiger partial charge is 0.0677 e. The van der Waals surface area contributed by atoms with Gasteiger partial charge in [0.05, 0.1) is 6.61 Å². The molecule has 2 heteroatoms. The first-order valence-corrected chi connectivity index (χ1v) is 3.90. The van der Waals surface area contributed by atoms with Crippen LogP contribution >= 0.6 is 0 Å². The van der Waals surface area contributed by atoms with Crippen LogP contribution in [0.2, 0.25) is 0 Å². The lowest BCUT2D eigenvalue weighted by Crippen LogP contribution is -2.22. The highest BCUT2D eigenvalue weighted by Gasteiger charge is 2.00. The monoisotopic (exact) mass is 141 g/mol. The van der Waals surface area contributed by atoms with Crippen molar-refractivity contribution in [2.24, 2.45) is 0 Å². The van der Waals surface area contributed by atoms with Crippen molar-refractivity contribution in [1.29, 1.82) is 0 Å². The van der Waals surface area contributed by atoms with E-state index in [4.69, 9.17) is 4.74 Å². The standard InChI is InChI=1S/C8H15NO/c1-2-10-7-8-3-5-9-6-4-8/h3,9H,2,4-7H2,1H3. The van der Waals surface area contributed by atoms with Crippen LogP contribution in [0.5, 0.6) is 0 Å². The molecular weight excluding hydrogens is 126 g/mol. The molecule has 10 heavy (non-hydrogen) atoms. The molecule has 0 atom stereocenters. The van der Waals surface area contributed by atoms with Crippen molar-refractivity contribution in [3.8, 4) is 0 Å². The third kappa shape index (κ3) is 2.50. The fourth-order valence-corrected chi connectivity index (χ4v) is 1.03. The Morgan fingerprint density at radius 3 is 3.20 bits per heavy atom. The average molecular weight is 141 g/mol. The van der Waals surface area contributed by atoms with Crippen molar-refractivity contribution >= 4 is 0 Å². The highest BCUT2D eigenvalue weighted by molar-refractivity contribution is 5.06. The first kappa shape index (κ1) is 7.76. The van der Waals surface area contributed by atoms with Gasteiger partial charge in [0.15, 0.2) is 0 Å². The van der Waals surface area contributed by atoms with Gasteiger partial charge in [0.25, 0.3) is 0 Å². The third-order valence-corrected chi connectivity index (χ3v) is 1.65. The second-order valence-corrected chi connectivity index (χ2v) is 2.45. The van der Waals surface area contributed by atoms with Gasteiger partial charge < -0.3 is 10.1 Å². The zero-order valence-electron chi connectivity index (χ0n) is 6.52. The molecule has 58 valence electrons. The lowest BCUT2D eigenvalue weighted by Gasteiger charge is -2.13. The molecule has 0 aromatic heterocycles. The summed E-state index contributed by atoms with van der Waals surface area (Å²) in [6, 6.07) is 0. The van der Waals surface area contributed by atoms with Gasteiger partial charge in [0.2, 0.25) is 0 Å². The minimum Gasteiger partial charge on any atom is -0.377 e. The van der Waals surface area contributed by atoms with Crippen LogP contribution in [0.15, 0.2) is 11.6 Å². The van der Waals surface area contributed by atoms with Crippen molar-refractivity contribution in [3.63, 3.8) is 0 Å². The summed E-state index contributed by atoms with van der Waals surface area (Å²) in [6.07, 6.45) is 3.37. The summed E-state index contributed by atoms with van der Waals surface area (Å²) in [4.78, 5) is 0. The molecule has 0 radical (unpaired) electrons. The molecule has 1 heterocycles. The van der Waals surface area contributed by atoms with E-state index >= 15 is 0 Å². The second kappa shape index (κ2) is 4.47. The predicted molar refractivity (Wildman–Crippen MR) is 42.1 cm³/mol. The summed E-state index contributed by atoms with van der Waals surface area (Å²) < 4.78 is 5.28. The molecule has 0 aliphatic carbocycles. The Hall–Kier alpha value is -0.340. The van der Waals surface area contributed by atoms with Crippen molar-refractivity contribution in [1.82, 2.24) is 5.32 Å². The minimum absolute atomic E-state index is 0.824. The molecule has 0 bridgehead atoms. The molecule has 0 amide bonds. The SMILES string of the molecule is CCOCC1=CCNCC1. The van der Waals surface area contributed by atoms with Gasteiger partial charge in [-0.25, -0.2) is 0 Å². The van der Waals surface area contributed by atoms with Gasteiger partial charge in [-0.1, -0.05) is 6.08 Å². The Morgan fingerprint density at radius 2 is 2.60 bits per heavy atom. The Bertz CT molecular complexity index is 120. The van der Waals surface area contributed by atoms with Crippen molar-refractivity contribution in [3.05, 3.63) is 11.6 Å². The molecule has 2 nitrogen and oxygen atoms in total. The average Bonchev–Trinajstić information content (AvgIpc) is 2.03. The summed E-state index contributed by atoms with van der Waals surface area (Å²) in [5.74, 6) is 0. The van der Waals surface area contributed by atoms with E-state index in [0.717, 1.165) is 32.7 Å². The number of hydrogen-bond acceptors (Lipinski definition) is 2. The molecule has 1 N–H and O–H groups in total. The Kier molecular flexibility index (Phi) is 3.47. The number of nitrogens with one attached hydrogen (secondary N) is 1. The van der Waals surface area contributed by atoms with E-state index in [-0.39, 0.29) is 0 Å². The van der Waals surface area contributed by atoms with Crippen molar-refractivity contribution in [2.75, 3.05) is 26.3 Å². The molecular formula is C8H15NO. The quantitative estimate of drug-likeness (QED) is 0.591. The number of rotatable bonds is 3. The minimum atomic E-state index is 0.824. The first-order chi connectivity index (χ1) is 4.93. The zero-order valence-corrected chi connectivity index (χ0v) is 6.52. The normalized spacial score (nSPS) is 18.7. The molecule has 0 aromatic rings. The van der Waals surface area contributed by atoms with Gasteiger partial charge in [-0.2, -0.15) is 0 Å². The Morgan fingerprint density at radius 1 is 1.70 bits per heavy atom. The van der Waals surface area contributed by atoms with Gasteiger partial charge in [0.1, 0.15) is 0 Å². The topological polar surface area (TPSA) is 21.3 Å². The summed E-state index contributed by atoms with van der Waals surface area (Å²) in [5, 5.41) is 3.26. The van der Waals surface area contributed by atoms with Crippen LogP contribution in [0.25, 0.3) is 0 Å². The summed E-state index contributed by atoms with van der Waals surface area (Å²) in [7, 11) is 0. The summed E-state index contributed by atoms with van der Waals surface area (Å²) >= 11 is 0. The summed E-state index contributed by atoms with van der Waals surface area (Å²) in [5.41, 5.74) is 1.45. The fraction of sp³-hybridized carbons (Fsp3) is 0.750. The molecule has 1 aliphatic rings. The van der Waals surface area contributed by atoms with E-state index in [0.29, 0.717) is 0 Å². The van der Waals surface area contributed by atoms with E-state index in [9.17, 15) is 0 Å². The number of ether oxygens (including phenoxy) is 1. The van der Waals surface area contributed by atoms with Crippen LogP contribution in [-0.2, 0) is 4.74 Å². The lowest BCUT2D eigenvalue weighted by atomic mass is 10.1. The molecule has 0 aromatic carbocycles. The van der Waals surface area contributed by atoms with Crippen LogP contribution in [-0.4, -0.2) is 26.3 Å². The molecule has 0 spiro atoms. The van der Waals surface area contributed by atoms with E-state index in [1.54, 1.807) is 0 Å². The highest BCUT2D eigenvalue weighted by atomic mass is 16.5. The van der Waals surface area contributed by atoms with E-state index in [2.05, 4.69) is 11.4 Å². The molecule has 0 saturated carbocycles. The maximum Gasteiger partial charge on any atom is 0.0677 e. The van der Waals surface area contributed by atoms with Crippen LogP contribution < -0.4 is 5.32 Å². The van der Waals surface area contributed by atoms with Crippen LogP contribution in [0.4, 0.5) is 0 Å². The van der Waals surface area contributed by atoms with Gasteiger partial charge in [-0.3, -0.25) is 0 Å². The van der Waals surface area contributed by atoms with E-state index in [1.165, 1.54) is 5.57 Å². The van der Waals surface area contributed by atoms with Gasteiger partial charge >= 0.3 is 0 Å². The third-order valence-electron chi connectivity index (χ3n) is 1.65. The maximum absolute atomic E-state index is 5.28. The zero-order chi connectivity index (χ0) is 7.23. The second-order valence-electron chi connectivity index (χ2n) is 2.45. The van der Waals surface area contributed by atoms with E-state index in [1.807, 2.05) is 6.92 Å². The largest absolute Gasteiger partial charge is 0.377 e. The van der Waals surface area contributed by atoms with Gasteiger partial charge in [-0.05, 0) is 25.5 Å². The van der Waals surface area contributed by atoms with Crippen LogP contribution in [0.3, 0.4) is 0 Å². The summed E-state index contributed by atoms with van der Waals surface area (Å²) in [6.45, 7) is 5.81. The van der Waals surface area contributed by atoms with Crippen molar-refractivity contribution < 1.29 is 4.74 Å². The molecule has 0 unspecified atom stereocenters. The Labute approximate surface area is 62.3 Å². The molecule has 0 saturated heterocycles. The van der Waals surface area contributed by atoms with Crippen LogP contribution in [0, 0.1) is 0 Å². The lowest BCUT2D eigenvalue weighted by molar-refractivity contribution is 0.168. The first-order valence-electron chi connectivity index (χ1n) is 3.90. The van der Waals surface area contributed by atoms with Gasteiger partial charge in [-0.15, -0.1) is 0 Å². The Balaban J connectivity index is 2.18. The molecule has 1 rings (SSSR count). The molecule has 1 aliphatic heterocycles. The number of hydrogen-bond donors (Lipinski definition) is 1.